The molecule has 1 aliphatic heterocycles. The standard InChI is InChI=1S/C17H31N5O3S/c1-14-12-15(20-25-14)13-21-7-9-22(10-8-21)16(18-5)19-6-11-26(23,24)17(2,3)4/h12H,6-11,13H2,1-5H3,(H,18,19). The van der Waals surface area contributed by atoms with E-state index in [1.54, 1.807) is 27.8 Å². The number of aryl methyl sites for hydroxylation is 1. The Morgan fingerprint density at radius 1 is 1.31 bits per heavy atom. The molecule has 26 heavy (non-hydrogen) atoms. The second-order valence-corrected chi connectivity index (χ2v) is 10.5. The normalized spacial score (nSPS) is 17.6. The molecular weight excluding hydrogens is 354 g/mol. The van der Waals surface area contributed by atoms with Crippen LogP contribution in [0.1, 0.15) is 32.2 Å². The van der Waals surface area contributed by atoms with Crippen LogP contribution in [0.25, 0.3) is 0 Å². The fourth-order valence-electron chi connectivity index (χ4n) is 2.78. The summed E-state index contributed by atoms with van der Waals surface area (Å²) < 4.78 is 28.8. The summed E-state index contributed by atoms with van der Waals surface area (Å²) in [6.45, 7) is 11.7. The van der Waals surface area contributed by atoms with Crippen LogP contribution in [0.5, 0.6) is 0 Å². The highest BCUT2D eigenvalue weighted by Crippen LogP contribution is 2.15. The summed E-state index contributed by atoms with van der Waals surface area (Å²) >= 11 is 0. The number of rotatable bonds is 5. The SMILES string of the molecule is CN=C(NCCS(=O)(=O)C(C)(C)C)N1CCN(Cc2cc(C)on2)CC1. The van der Waals surface area contributed by atoms with E-state index in [4.69, 9.17) is 4.52 Å². The molecule has 1 saturated heterocycles. The second kappa shape index (κ2) is 8.39. The highest BCUT2D eigenvalue weighted by atomic mass is 32.2. The Kier molecular flexibility index (Phi) is 6.68. The van der Waals surface area contributed by atoms with Gasteiger partial charge in [0.2, 0.25) is 0 Å². The van der Waals surface area contributed by atoms with Crippen molar-refractivity contribution in [2.45, 2.75) is 39.0 Å². The maximum atomic E-state index is 12.2. The van der Waals surface area contributed by atoms with E-state index in [-0.39, 0.29) is 5.75 Å². The third-order valence-electron chi connectivity index (χ3n) is 4.53. The molecule has 2 heterocycles. The summed E-state index contributed by atoms with van der Waals surface area (Å²) in [5, 5.41) is 7.23. The minimum absolute atomic E-state index is 0.0982. The van der Waals surface area contributed by atoms with Crippen molar-refractivity contribution >= 4 is 15.8 Å². The van der Waals surface area contributed by atoms with Crippen molar-refractivity contribution in [3.8, 4) is 0 Å². The van der Waals surface area contributed by atoms with Crippen LogP contribution in [0.4, 0.5) is 0 Å². The minimum Gasteiger partial charge on any atom is -0.361 e. The molecular formula is C17H31N5O3S. The smallest absolute Gasteiger partial charge is 0.193 e. The van der Waals surface area contributed by atoms with E-state index in [2.05, 4.69) is 25.3 Å². The van der Waals surface area contributed by atoms with Crippen molar-refractivity contribution in [2.75, 3.05) is 45.5 Å². The van der Waals surface area contributed by atoms with Crippen molar-refractivity contribution in [2.24, 2.45) is 4.99 Å². The number of hydrogen-bond donors (Lipinski definition) is 1. The molecule has 9 heteroatoms. The Morgan fingerprint density at radius 2 is 1.96 bits per heavy atom. The third kappa shape index (κ3) is 5.44. The van der Waals surface area contributed by atoms with E-state index in [1.165, 1.54) is 0 Å². The van der Waals surface area contributed by atoms with E-state index in [0.717, 1.165) is 50.1 Å². The molecule has 0 atom stereocenters. The topological polar surface area (TPSA) is 91.0 Å². The number of aromatic nitrogens is 1. The van der Waals surface area contributed by atoms with Gasteiger partial charge in [0, 0.05) is 52.4 Å². The van der Waals surface area contributed by atoms with Crippen LogP contribution in [-0.4, -0.2) is 79.6 Å². The Hall–Kier alpha value is -1.61. The van der Waals surface area contributed by atoms with Gasteiger partial charge in [0.1, 0.15) is 5.76 Å². The van der Waals surface area contributed by atoms with Gasteiger partial charge >= 0.3 is 0 Å². The number of aliphatic imine (C=N–C) groups is 1. The number of hydrogen-bond acceptors (Lipinski definition) is 6. The van der Waals surface area contributed by atoms with Crippen LogP contribution < -0.4 is 5.32 Å². The predicted octanol–water partition coefficient (Wildman–Crippen LogP) is 0.889. The second-order valence-electron chi connectivity index (χ2n) is 7.60. The first-order valence-electron chi connectivity index (χ1n) is 8.95. The summed E-state index contributed by atoms with van der Waals surface area (Å²) in [5.41, 5.74) is 0.950. The summed E-state index contributed by atoms with van der Waals surface area (Å²) in [6.07, 6.45) is 0. The van der Waals surface area contributed by atoms with E-state index < -0.39 is 14.6 Å². The maximum absolute atomic E-state index is 12.2. The van der Waals surface area contributed by atoms with Gasteiger partial charge in [0.25, 0.3) is 0 Å². The monoisotopic (exact) mass is 385 g/mol. The van der Waals surface area contributed by atoms with Gasteiger partial charge in [-0.25, -0.2) is 8.42 Å². The lowest BCUT2D eigenvalue weighted by atomic mass is 10.3. The summed E-state index contributed by atoms with van der Waals surface area (Å²) in [4.78, 5) is 8.78. The van der Waals surface area contributed by atoms with Gasteiger partial charge in [-0.15, -0.1) is 0 Å². The van der Waals surface area contributed by atoms with Crippen molar-refractivity contribution in [1.29, 1.82) is 0 Å². The Balaban J connectivity index is 1.79. The lowest BCUT2D eigenvalue weighted by Gasteiger charge is -2.36. The van der Waals surface area contributed by atoms with E-state index in [9.17, 15) is 8.42 Å². The van der Waals surface area contributed by atoms with Gasteiger partial charge in [0.15, 0.2) is 15.8 Å². The Labute approximate surface area is 156 Å². The van der Waals surface area contributed by atoms with Crippen LogP contribution in [0.2, 0.25) is 0 Å². The number of sulfone groups is 1. The van der Waals surface area contributed by atoms with Crippen molar-refractivity contribution in [3.05, 3.63) is 17.5 Å². The first-order valence-corrected chi connectivity index (χ1v) is 10.6. The molecule has 0 bridgehead atoms. The highest BCUT2D eigenvalue weighted by Gasteiger charge is 2.28. The molecule has 0 aliphatic carbocycles. The Bertz CT molecular complexity index is 713. The van der Waals surface area contributed by atoms with Gasteiger partial charge in [-0.1, -0.05) is 5.16 Å². The summed E-state index contributed by atoms with van der Waals surface area (Å²) in [5.74, 6) is 1.68. The van der Waals surface area contributed by atoms with Crippen LogP contribution in [0.15, 0.2) is 15.6 Å². The largest absolute Gasteiger partial charge is 0.361 e. The van der Waals surface area contributed by atoms with Gasteiger partial charge in [-0.3, -0.25) is 9.89 Å². The minimum atomic E-state index is -3.13. The lowest BCUT2D eigenvalue weighted by molar-refractivity contribution is 0.169. The van der Waals surface area contributed by atoms with Crippen LogP contribution in [-0.2, 0) is 16.4 Å². The molecule has 1 aromatic rings. The maximum Gasteiger partial charge on any atom is 0.193 e. The molecule has 0 spiro atoms. The predicted molar refractivity (Wildman–Crippen MR) is 103 cm³/mol. The van der Waals surface area contributed by atoms with Crippen molar-refractivity contribution in [3.63, 3.8) is 0 Å². The molecule has 1 aliphatic rings. The van der Waals surface area contributed by atoms with Crippen molar-refractivity contribution in [1.82, 2.24) is 20.3 Å². The quantitative estimate of drug-likeness (QED) is 0.594. The average molecular weight is 386 g/mol. The fourth-order valence-corrected chi connectivity index (χ4v) is 3.76. The van der Waals surface area contributed by atoms with Crippen LogP contribution in [0.3, 0.4) is 0 Å². The average Bonchev–Trinajstić information content (AvgIpc) is 2.96. The van der Waals surface area contributed by atoms with E-state index >= 15 is 0 Å². The van der Waals surface area contributed by atoms with Gasteiger partial charge < -0.3 is 14.7 Å². The Morgan fingerprint density at radius 3 is 2.46 bits per heavy atom. The number of nitrogens with one attached hydrogen (secondary N) is 1. The number of piperazine rings is 1. The zero-order valence-electron chi connectivity index (χ0n) is 16.4. The molecule has 1 N–H and O–H groups in total. The first kappa shape index (κ1) is 20.7. The van der Waals surface area contributed by atoms with Gasteiger partial charge in [-0.05, 0) is 27.7 Å². The zero-order valence-corrected chi connectivity index (χ0v) is 17.3. The summed E-state index contributed by atoms with van der Waals surface area (Å²) in [7, 11) is -1.41. The molecule has 1 aromatic heterocycles. The van der Waals surface area contributed by atoms with E-state index in [0.29, 0.717) is 6.54 Å². The highest BCUT2D eigenvalue weighted by molar-refractivity contribution is 7.92. The molecule has 8 nitrogen and oxygen atoms in total. The van der Waals surface area contributed by atoms with Gasteiger partial charge in [0.05, 0.1) is 16.2 Å². The van der Waals surface area contributed by atoms with Crippen LogP contribution >= 0.6 is 0 Å². The number of nitrogens with zero attached hydrogens (tertiary/aromatic N) is 4. The molecule has 148 valence electrons. The fraction of sp³-hybridized carbons (Fsp3) is 0.765. The first-order chi connectivity index (χ1) is 12.1. The number of guanidine groups is 1. The van der Waals surface area contributed by atoms with Gasteiger partial charge in [-0.2, -0.15) is 0 Å². The molecule has 0 radical (unpaired) electrons. The zero-order chi connectivity index (χ0) is 19.4. The molecule has 0 unspecified atom stereocenters. The molecule has 2 rings (SSSR count). The lowest BCUT2D eigenvalue weighted by Crippen LogP contribution is -2.52. The third-order valence-corrected chi connectivity index (χ3v) is 7.14. The molecule has 0 aromatic carbocycles. The van der Waals surface area contributed by atoms with E-state index in [1.807, 2.05) is 13.0 Å². The molecule has 0 saturated carbocycles. The van der Waals surface area contributed by atoms with Crippen LogP contribution in [0, 0.1) is 6.92 Å². The molecule has 1 fully saturated rings. The van der Waals surface area contributed by atoms with Crippen molar-refractivity contribution < 1.29 is 12.9 Å². The summed E-state index contributed by atoms with van der Waals surface area (Å²) in [6, 6.07) is 1.96. The molecule has 0 amide bonds.